The molecule has 0 aliphatic heterocycles. The van der Waals surface area contributed by atoms with Gasteiger partial charge in [-0.2, -0.15) is 0 Å². The lowest BCUT2D eigenvalue weighted by Gasteiger charge is -2.18. The number of aliphatic carboxylic acids is 1. The molecule has 0 radical (unpaired) electrons. The molecule has 0 heterocycles. The molecule has 1 unspecified atom stereocenters. The van der Waals surface area contributed by atoms with Crippen molar-refractivity contribution in [1.82, 2.24) is 5.32 Å². The van der Waals surface area contributed by atoms with E-state index in [0.29, 0.717) is 5.96 Å². The van der Waals surface area contributed by atoms with Gasteiger partial charge >= 0.3 is 12.1 Å². The molecule has 0 spiro atoms. The first-order chi connectivity index (χ1) is 17.6. The SMILES string of the molecule is CC(C)(C)/N=C(\N)Nc1ccc(CC(NC(=O)OCC2c3ccccc3-c3ccccc32)C(=O)O)cc1. The van der Waals surface area contributed by atoms with Crippen molar-refractivity contribution in [3.63, 3.8) is 0 Å². The monoisotopic (exact) mass is 500 g/mol. The molecule has 3 aromatic rings. The lowest BCUT2D eigenvalue weighted by atomic mass is 9.98. The van der Waals surface area contributed by atoms with Crippen molar-refractivity contribution < 1.29 is 19.4 Å². The molecule has 1 atom stereocenters. The van der Waals surface area contributed by atoms with Gasteiger partial charge < -0.3 is 26.2 Å². The molecule has 8 nitrogen and oxygen atoms in total. The minimum absolute atomic E-state index is 0.101. The lowest BCUT2D eigenvalue weighted by Crippen LogP contribution is -2.42. The first-order valence-corrected chi connectivity index (χ1v) is 12.2. The maximum Gasteiger partial charge on any atom is 0.407 e. The molecule has 0 saturated heterocycles. The van der Waals surface area contributed by atoms with Crippen molar-refractivity contribution in [3.8, 4) is 11.1 Å². The van der Waals surface area contributed by atoms with Crippen molar-refractivity contribution in [2.75, 3.05) is 11.9 Å². The summed E-state index contributed by atoms with van der Waals surface area (Å²) < 4.78 is 5.51. The van der Waals surface area contributed by atoms with Crippen LogP contribution in [0.2, 0.25) is 0 Å². The number of benzene rings is 3. The van der Waals surface area contributed by atoms with E-state index >= 15 is 0 Å². The van der Waals surface area contributed by atoms with Crippen LogP contribution in [-0.4, -0.2) is 41.3 Å². The number of rotatable bonds is 7. The molecule has 0 fully saturated rings. The Bertz CT molecular complexity index is 1270. The Morgan fingerprint density at radius 2 is 1.54 bits per heavy atom. The fourth-order valence-corrected chi connectivity index (χ4v) is 4.48. The van der Waals surface area contributed by atoms with Crippen LogP contribution in [0.3, 0.4) is 0 Å². The molecule has 4 rings (SSSR count). The van der Waals surface area contributed by atoms with Gasteiger partial charge in [-0.3, -0.25) is 0 Å². The van der Waals surface area contributed by atoms with Crippen molar-refractivity contribution in [2.45, 2.75) is 44.7 Å². The Balaban J connectivity index is 1.36. The van der Waals surface area contributed by atoms with Gasteiger partial charge in [0.15, 0.2) is 5.96 Å². The van der Waals surface area contributed by atoms with Crippen LogP contribution in [0.25, 0.3) is 11.1 Å². The van der Waals surface area contributed by atoms with Gasteiger partial charge in [0.25, 0.3) is 0 Å². The summed E-state index contributed by atoms with van der Waals surface area (Å²) in [4.78, 5) is 28.8. The van der Waals surface area contributed by atoms with Crippen LogP contribution < -0.4 is 16.4 Å². The molecule has 0 aromatic heterocycles. The number of carbonyl (C=O) groups excluding carboxylic acids is 1. The zero-order valence-electron chi connectivity index (χ0n) is 21.2. The fourth-order valence-electron chi connectivity index (χ4n) is 4.48. The first-order valence-electron chi connectivity index (χ1n) is 12.2. The van der Waals surface area contributed by atoms with E-state index in [1.54, 1.807) is 24.3 Å². The first kappa shape index (κ1) is 25.8. The minimum atomic E-state index is -1.14. The number of carboxylic acid groups (broad SMARTS) is 1. The summed E-state index contributed by atoms with van der Waals surface area (Å²) in [7, 11) is 0. The van der Waals surface area contributed by atoms with E-state index in [2.05, 4.69) is 27.8 Å². The largest absolute Gasteiger partial charge is 0.480 e. The third kappa shape index (κ3) is 6.46. The molecule has 1 amide bonds. The van der Waals surface area contributed by atoms with Crippen LogP contribution in [0, 0.1) is 0 Å². The second kappa shape index (κ2) is 10.7. The van der Waals surface area contributed by atoms with Crippen molar-refractivity contribution in [2.24, 2.45) is 10.7 Å². The van der Waals surface area contributed by atoms with E-state index in [-0.39, 0.29) is 24.5 Å². The molecular formula is C29H32N4O4. The van der Waals surface area contributed by atoms with E-state index in [1.807, 2.05) is 57.2 Å². The summed E-state index contributed by atoms with van der Waals surface area (Å²) in [5.74, 6) is -0.950. The number of nitrogens with one attached hydrogen (secondary N) is 2. The summed E-state index contributed by atoms with van der Waals surface area (Å²) >= 11 is 0. The van der Waals surface area contributed by atoms with E-state index in [9.17, 15) is 14.7 Å². The summed E-state index contributed by atoms with van der Waals surface area (Å²) in [5, 5.41) is 15.2. The summed E-state index contributed by atoms with van der Waals surface area (Å²) in [5.41, 5.74) is 11.5. The normalized spacial score (nSPS) is 13.9. The highest BCUT2D eigenvalue weighted by atomic mass is 16.5. The molecule has 3 aromatic carbocycles. The summed E-state index contributed by atoms with van der Waals surface area (Å²) in [6.45, 7) is 5.95. The van der Waals surface area contributed by atoms with Crippen LogP contribution in [-0.2, 0) is 16.0 Å². The molecule has 1 aliphatic rings. The quantitative estimate of drug-likeness (QED) is 0.274. The molecule has 5 N–H and O–H groups in total. The Hall–Kier alpha value is -4.33. The van der Waals surface area contributed by atoms with Crippen molar-refractivity contribution in [1.29, 1.82) is 0 Å². The summed E-state index contributed by atoms with van der Waals surface area (Å²) in [6.07, 6.45) is -0.663. The number of hydrogen-bond donors (Lipinski definition) is 4. The van der Waals surface area contributed by atoms with Crippen LogP contribution in [0.5, 0.6) is 0 Å². The predicted octanol–water partition coefficient (Wildman–Crippen LogP) is 4.75. The van der Waals surface area contributed by atoms with Crippen LogP contribution in [0.4, 0.5) is 10.5 Å². The number of nitrogens with zero attached hydrogens (tertiary/aromatic N) is 1. The zero-order valence-corrected chi connectivity index (χ0v) is 21.2. The highest BCUT2D eigenvalue weighted by Crippen LogP contribution is 2.44. The van der Waals surface area contributed by atoms with Crippen LogP contribution >= 0.6 is 0 Å². The number of carboxylic acids is 1. The van der Waals surface area contributed by atoms with Gasteiger partial charge in [0.2, 0.25) is 0 Å². The standard InChI is InChI=1S/C29H32N4O4/c1-29(2,3)33-27(30)31-19-14-12-18(13-15-19)16-25(26(34)35)32-28(36)37-17-24-22-10-6-4-8-20(22)21-9-5-7-11-23(21)24/h4-15,24-25H,16-17H2,1-3H3,(H,32,36)(H,34,35)(H3,30,31,33). The van der Waals surface area contributed by atoms with Gasteiger partial charge in [0.1, 0.15) is 12.6 Å². The maximum absolute atomic E-state index is 12.6. The predicted molar refractivity (Wildman–Crippen MR) is 145 cm³/mol. The van der Waals surface area contributed by atoms with Gasteiger partial charge in [-0.05, 0) is 60.7 Å². The number of alkyl carbamates (subject to hydrolysis) is 1. The lowest BCUT2D eigenvalue weighted by molar-refractivity contribution is -0.139. The number of fused-ring (bicyclic) bond motifs is 3. The molecule has 1 aliphatic carbocycles. The third-order valence-corrected chi connectivity index (χ3v) is 6.06. The van der Waals surface area contributed by atoms with Crippen molar-refractivity contribution >= 4 is 23.7 Å². The number of nitrogens with two attached hydrogens (primary N) is 1. The van der Waals surface area contributed by atoms with Crippen LogP contribution in [0.1, 0.15) is 43.4 Å². The highest BCUT2D eigenvalue weighted by molar-refractivity contribution is 5.92. The molecule has 192 valence electrons. The van der Waals surface area contributed by atoms with Gasteiger partial charge in [0.05, 0.1) is 5.54 Å². The number of hydrogen-bond acceptors (Lipinski definition) is 4. The molecular weight excluding hydrogens is 468 g/mol. The number of carbonyl (C=O) groups is 2. The van der Waals surface area contributed by atoms with E-state index in [1.165, 1.54) is 0 Å². The molecule has 0 saturated carbocycles. The number of guanidine groups is 1. The van der Waals surface area contributed by atoms with Gasteiger partial charge in [0, 0.05) is 18.0 Å². The van der Waals surface area contributed by atoms with E-state index < -0.39 is 18.1 Å². The Labute approximate surface area is 216 Å². The highest BCUT2D eigenvalue weighted by Gasteiger charge is 2.29. The average molecular weight is 501 g/mol. The number of aliphatic imine (C=N–C) groups is 1. The molecule has 0 bridgehead atoms. The number of anilines is 1. The van der Waals surface area contributed by atoms with Gasteiger partial charge in [-0.15, -0.1) is 0 Å². The zero-order chi connectivity index (χ0) is 26.6. The van der Waals surface area contributed by atoms with Crippen LogP contribution in [0.15, 0.2) is 77.8 Å². The summed E-state index contributed by atoms with van der Waals surface area (Å²) in [6, 6.07) is 22.1. The van der Waals surface area contributed by atoms with Gasteiger partial charge in [-0.25, -0.2) is 14.6 Å². The smallest absolute Gasteiger partial charge is 0.407 e. The maximum atomic E-state index is 12.6. The molecule has 8 heteroatoms. The minimum Gasteiger partial charge on any atom is -0.480 e. The molecule has 37 heavy (non-hydrogen) atoms. The third-order valence-electron chi connectivity index (χ3n) is 6.06. The topological polar surface area (TPSA) is 126 Å². The second-order valence-corrected chi connectivity index (χ2v) is 10.1. The Morgan fingerprint density at radius 1 is 0.973 bits per heavy atom. The number of amides is 1. The van der Waals surface area contributed by atoms with E-state index in [0.717, 1.165) is 33.5 Å². The Kier molecular flexibility index (Phi) is 7.47. The number of ether oxygens (including phenoxy) is 1. The average Bonchev–Trinajstić information content (AvgIpc) is 3.16. The van der Waals surface area contributed by atoms with Gasteiger partial charge in [-0.1, -0.05) is 60.7 Å². The second-order valence-electron chi connectivity index (χ2n) is 10.1. The van der Waals surface area contributed by atoms with E-state index in [4.69, 9.17) is 10.5 Å². The fraction of sp³-hybridized carbons (Fsp3) is 0.276. The van der Waals surface area contributed by atoms with Crippen molar-refractivity contribution in [3.05, 3.63) is 89.5 Å². The Morgan fingerprint density at radius 3 is 2.08 bits per heavy atom.